The lowest BCUT2D eigenvalue weighted by molar-refractivity contribution is -0.0578. The van der Waals surface area contributed by atoms with Crippen LogP contribution >= 0.6 is 15.9 Å². The zero-order chi connectivity index (χ0) is 12.0. The van der Waals surface area contributed by atoms with Crippen molar-refractivity contribution in [2.75, 3.05) is 6.54 Å². The normalized spacial score (nSPS) is 27.1. The van der Waals surface area contributed by atoms with Crippen molar-refractivity contribution in [3.63, 3.8) is 0 Å². The van der Waals surface area contributed by atoms with Crippen molar-refractivity contribution in [3.8, 4) is 5.75 Å². The summed E-state index contributed by atoms with van der Waals surface area (Å²) >= 11 is 3.39. The van der Waals surface area contributed by atoms with E-state index in [4.69, 9.17) is 10.5 Å². The van der Waals surface area contributed by atoms with E-state index in [0.29, 0.717) is 12.2 Å². The van der Waals surface area contributed by atoms with Crippen LogP contribution in [0.5, 0.6) is 5.75 Å². The third-order valence-electron chi connectivity index (χ3n) is 2.89. The molecule has 1 aliphatic rings. The van der Waals surface area contributed by atoms with E-state index in [1.54, 1.807) is 0 Å². The second-order valence-electron chi connectivity index (χ2n) is 4.91. The highest BCUT2D eigenvalue weighted by molar-refractivity contribution is 9.10. The highest BCUT2D eigenvalue weighted by Gasteiger charge is 2.43. The average Bonchev–Trinajstić information content (AvgIpc) is 2.18. The fourth-order valence-corrected chi connectivity index (χ4v) is 2.63. The lowest BCUT2D eigenvalue weighted by Gasteiger charge is -2.42. The standard InChI is InChI=1S/C12H16BrNO2/c1-11(2)6-12(15,7-14)9-5-8(13)3-4-10(9)16-11/h3-5,15H,6-7,14H2,1-2H3. The molecule has 0 fully saturated rings. The van der Waals surface area contributed by atoms with E-state index in [1.807, 2.05) is 32.0 Å². The predicted molar refractivity (Wildman–Crippen MR) is 66.4 cm³/mol. The van der Waals surface area contributed by atoms with Crippen molar-refractivity contribution < 1.29 is 9.84 Å². The number of hydrogen-bond acceptors (Lipinski definition) is 3. The quantitative estimate of drug-likeness (QED) is 0.831. The topological polar surface area (TPSA) is 55.5 Å². The molecule has 88 valence electrons. The third kappa shape index (κ3) is 1.97. The molecule has 0 bridgehead atoms. The van der Waals surface area contributed by atoms with E-state index in [-0.39, 0.29) is 6.54 Å². The zero-order valence-electron chi connectivity index (χ0n) is 9.46. The lowest BCUT2D eigenvalue weighted by Crippen LogP contribution is -2.48. The summed E-state index contributed by atoms with van der Waals surface area (Å²) in [6, 6.07) is 5.63. The van der Waals surface area contributed by atoms with Crippen LogP contribution in [-0.4, -0.2) is 17.3 Å². The molecule has 0 aliphatic carbocycles. The SMILES string of the molecule is CC1(C)CC(O)(CN)c2cc(Br)ccc2O1. The molecular formula is C12H16BrNO2. The minimum Gasteiger partial charge on any atom is -0.487 e. The van der Waals surface area contributed by atoms with E-state index in [9.17, 15) is 5.11 Å². The van der Waals surface area contributed by atoms with E-state index in [1.165, 1.54) is 0 Å². The second-order valence-corrected chi connectivity index (χ2v) is 5.83. The molecule has 3 N–H and O–H groups in total. The highest BCUT2D eigenvalue weighted by Crippen LogP contribution is 2.43. The molecule has 0 aromatic heterocycles. The number of halogens is 1. The average molecular weight is 286 g/mol. The number of ether oxygens (including phenoxy) is 1. The predicted octanol–water partition coefficient (Wildman–Crippen LogP) is 2.16. The maximum atomic E-state index is 10.6. The fraction of sp³-hybridized carbons (Fsp3) is 0.500. The molecule has 1 atom stereocenters. The van der Waals surface area contributed by atoms with Gasteiger partial charge in [0.05, 0.1) is 0 Å². The highest BCUT2D eigenvalue weighted by atomic mass is 79.9. The van der Waals surface area contributed by atoms with Crippen LogP contribution in [0.3, 0.4) is 0 Å². The van der Waals surface area contributed by atoms with Gasteiger partial charge in [0.25, 0.3) is 0 Å². The van der Waals surface area contributed by atoms with Gasteiger partial charge < -0.3 is 15.6 Å². The largest absolute Gasteiger partial charge is 0.487 e. The molecule has 1 unspecified atom stereocenters. The first-order chi connectivity index (χ1) is 7.36. The van der Waals surface area contributed by atoms with Crippen LogP contribution < -0.4 is 10.5 Å². The van der Waals surface area contributed by atoms with Crippen LogP contribution in [-0.2, 0) is 5.60 Å². The summed E-state index contributed by atoms with van der Waals surface area (Å²) in [5.74, 6) is 0.715. The Labute approximate surface area is 104 Å². The van der Waals surface area contributed by atoms with Gasteiger partial charge in [0.1, 0.15) is 17.0 Å². The van der Waals surface area contributed by atoms with Gasteiger partial charge in [-0.25, -0.2) is 0 Å². The zero-order valence-corrected chi connectivity index (χ0v) is 11.0. The molecule has 1 aromatic carbocycles. The van der Waals surface area contributed by atoms with Crippen LogP contribution in [0.1, 0.15) is 25.8 Å². The summed E-state index contributed by atoms with van der Waals surface area (Å²) in [6.45, 7) is 4.11. The second kappa shape index (κ2) is 3.72. The van der Waals surface area contributed by atoms with E-state index in [0.717, 1.165) is 10.0 Å². The monoisotopic (exact) mass is 285 g/mol. The summed E-state index contributed by atoms with van der Waals surface area (Å²) in [7, 11) is 0. The van der Waals surface area contributed by atoms with Gasteiger partial charge in [-0.1, -0.05) is 15.9 Å². The molecule has 3 nitrogen and oxygen atoms in total. The number of rotatable bonds is 1. The Kier molecular flexibility index (Phi) is 2.77. The summed E-state index contributed by atoms with van der Waals surface area (Å²) < 4.78 is 6.75. The van der Waals surface area contributed by atoms with Gasteiger partial charge in [0.15, 0.2) is 0 Å². The number of nitrogens with two attached hydrogens (primary N) is 1. The summed E-state index contributed by atoms with van der Waals surface area (Å²) in [4.78, 5) is 0. The maximum Gasteiger partial charge on any atom is 0.126 e. The Morgan fingerprint density at radius 2 is 2.19 bits per heavy atom. The molecule has 4 heteroatoms. The summed E-state index contributed by atoms with van der Waals surface area (Å²) in [5, 5.41) is 10.6. The first-order valence-corrected chi connectivity index (χ1v) is 6.07. The van der Waals surface area contributed by atoms with Crippen LogP contribution in [0.15, 0.2) is 22.7 Å². The Bertz CT molecular complexity index is 419. The van der Waals surface area contributed by atoms with Crippen LogP contribution in [0.2, 0.25) is 0 Å². The minimum absolute atomic E-state index is 0.198. The van der Waals surface area contributed by atoms with Crippen LogP contribution in [0.25, 0.3) is 0 Å². The van der Waals surface area contributed by atoms with Gasteiger partial charge in [0.2, 0.25) is 0 Å². The smallest absolute Gasteiger partial charge is 0.126 e. The molecule has 0 saturated heterocycles. The Hall–Kier alpha value is -0.580. The van der Waals surface area contributed by atoms with Crippen LogP contribution in [0.4, 0.5) is 0 Å². The minimum atomic E-state index is -0.999. The van der Waals surface area contributed by atoms with Crippen molar-refractivity contribution in [1.29, 1.82) is 0 Å². The Morgan fingerprint density at radius 1 is 1.50 bits per heavy atom. The first-order valence-electron chi connectivity index (χ1n) is 5.28. The van der Waals surface area contributed by atoms with Gasteiger partial charge in [-0.2, -0.15) is 0 Å². The van der Waals surface area contributed by atoms with Crippen molar-refractivity contribution in [2.45, 2.75) is 31.5 Å². The van der Waals surface area contributed by atoms with Crippen molar-refractivity contribution in [2.24, 2.45) is 5.73 Å². The number of hydrogen-bond donors (Lipinski definition) is 2. The molecule has 0 radical (unpaired) electrons. The molecule has 1 aliphatic heterocycles. The first kappa shape index (κ1) is 11.9. The Balaban J connectivity index is 2.56. The van der Waals surface area contributed by atoms with E-state index >= 15 is 0 Å². The summed E-state index contributed by atoms with van der Waals surface area (Å²) in [5.41, 5.74) is 5.08. The number of aliphatic hydroxyl groups is 1. The molecule has 16 heavy (non-hydrogen) atoms. The molecule has 1 heterocycles. The molecule has 0 saturated carbocycles. The molecular weight excluding hydrogens is 270 g/mol. The summed E-state index contributed by atoms with van der Waals surface area (Å²) in [6.07, 6.45) is 0.500. The number of benzene rings is 1. The van der Waals surface area contributed by atoms with E-state index < -0.39 is 11.2 Å². The molecule has 0 spiro atoms. The van der Waals surface area contributed by atoms with Gasteiger partial charge >= 0.3 is 0 Å². The van der Waals surface area contributed by atoms with E-state index in [2.05, 4.69) is 15.9 Å². The van der Waals surface area contributed by atoms with Crippen LogP contribution in [0, 0.1) is 0 Å². The van der Waals surface area contributed by atoms with Gasteiger partial charge in [-0.15, -0.1) is 0 Å². The molecule has 2 rings (SSSR count). The third-order valence-corrected chi connectivity index (χ3v) is 3.38. The molecule has 1 aromatic rings. The van der Waals surface area contributed by atoms with Gasteiger partial charge in [0, 0.05) is 23.0 Å². The lowest BCUT2D eigenvalue weighted by atomic mass is 9.80. The fourth-order valence-electron chi connectivity index (χ4n) is 2.27. The maximum absolute atomic E-state index is 10.6. The molecule has 0 amide bonds. The van der Waals surface area contributed by atoms with Crippen molar-refractivity contribution >= 4 is 15.9 Å². The van der Waals surface area contributed by atoms with Crippen molar-refractivity contribution in [1.82, 2.24) is 0 Å². The Morgan fingerprint density at radius 3 is 2.81 bits per heavy atom. The number of fused-ring (bicyclic) bond motifs is 1. The van der Waals surface area contributed by atoms with Gasteiger partial charge in [-0.05, 0) is 32.0 Å². The van der Waals surface area contributed by atoms with Crippen molar-refractivity contribution in [3.05, 3.63) is 28.2 Å². The van der Waals surface area contributed by atoms with Gasteiger partial charge in [-0.3, -0.25) is 0 Å².